The Balaban J connectivity index is 2.43. The van der Waals surface area contributed by atoms with Gasteiger partial charge in [0.2, 0.25) is 5.82 Å². The molecule has 2 rings (SSSR count). The lowest BCUT2D eigenvalue weighted by Gasteiger charge is -2.11. The fourth-order valence-electron chi connectivity index (χ4n) is 1.32. The van der Waals surface area contributed by atoms with Gasteiger partial charge in [0.15, 0.2) is 11.6 Å². The van der Waals surface area contributed by atoms with Crippen molar-refractivity contribution in [3.05, 3.63) is 51.5 Å². The lowest BCUT2D eigenvalue weighted by atomic mass is 10.2. The van der Waals surface area contributed by atoms with Crippen LogP contribution in [0.25, 0.3) is 0 Å². The molecule has 2 nitrogen and oxygen atoms in total. The number of nitrogen functional groups attached to an aromatic ring is 1. The van der Waals surface area contributed by atoms with E-state index in [0.717, 1.165) is 6.07 Å². The summed E-state index contributed by atoms with van der Waals surface area (Å²) in [4.78, 5) is 0. The number of rotatable bonds is 2. The third kappa shape index (κ3) is 2.57. The molecule has 0 heterocycles. The molecule has 0 saturated heterocycles. The Hall–Kier alpha value is -1.33. The molecule has 0 atom stereocenters. The summed E-state index contributed by atoms with van der Waals surface area (Å²) in [7, 11) is 0. The topological polar surface area (TPSA) is 35.2 Å². The molecule has 0 unspecified atom stereocenters. The predicted molar refractivity (Wildman–Crippen MR) is 70.0 cm³/mol. The van der Waals surface area contributed by atoms with E-state index < -0.39 is 11.6 Å². The average Bonchev–Trinajstić information content (AvgIpc) is 2.32. The Morgan fingerprint density at radius 1 is 1.17 bits per heavy atom. The number of halogens is 4. The maximum atomic E-state index is 13.5. The van der Waals surface area contributed by atoms with Crippen LogP contribution in [0, 0.1) is 11.6 Å². The number of ether oxygens (including phenoxy) is 1. The van der Waals surface area contributed by atoms with Crippen LogP contribution in [-0.4, -0.2) is 0 Å². The first kappa shape index (κ1) is 13.1. The fraction of sp³-hybridized carbons (Fsp3) is 0. The molecule has 2 N–H and O–H groups in total. The van der Waals surface area contributed by atoms with E-state index in [1.807, 2.05) is 0 Å². The Morgan fingerprint density at radius 2 is 1.89 bits per heavy atom. The van der Waals surface area contributed by atoms with Crippen molar-refractivity contribution in [2.24, 2.45) is 0 Å². The highest BCUT2D eigenvalue weighted by Gasteiger charge is 2.15. The molecule has 2 aromatic carbocycles. The van der Waals surface area contributed by atoms with Gasteiger partial charge in [-0.15, -0.1) is 0 Å². The SMILES string of the molecule is Nc1ccc(F)c(F)c1Oc1ccc(Cl)cc1Br. The van der Waals surface area contributed by atoms with Crippen molar-refractivity contribution in [2.45, 2.75) is 0 Å². The van der Waals surface area contributed by atoms with Gasteiger partial charge in [-0.25, -0.2) is 4.39 Å². The maximum Gasteiger partial charge on any atom is 0.203 e. The normalized spacial score (nSPS) is 10.4. The molecule has 2 aromatic rings. The molecule has 0 amide bonds. The van der Waals surface area contributed by atoms with Crippen molar-refractivity contribution in [3.8, 4) is 11.5 Å². The number of nitrogens with two attached hydrogens (primary N) is 1. The van der Waals surface area contributed by atoms with Gasteiger partial charge < -0.3 is 10.5 Å². The minimum absolute atomic E-state index is 0.00995. The molecule has 0 bridgehead atoms. The molecule has 6 heteroatoms. The van der Waals surface area contributed by atoms with E-state index in [2.05, 4.69) is 15.9 Å². The van der Waals surface area contributed by atoms with E-state index in [9.17, 15) is 8.78 Å². The van der Waals surface area contributed by atoms with Gasteiger partial charge in [0.25, 0.3) is 0 Å². The summed E-state index contributed by atoms with van der Waals surface area (Å²) in [6.45, 7) is 0. The largest absolute Gasteiger partial charge is 0.451 e. The van der Waals surface area contributed by atoms with E-state index in [1.165, 1.54) is 12.1 Å². The monoisotopic (exact) mass is 333 g/mol. The number of anilines is 1. The van der Waals surface area contributed by atoms with Crippen LogP contribution in [0.4, 0.5) is 14.5 Å². The summed E-state index contributed by atoms with van der Waals surface area (Å²) in [6.07, 6.45) is 0. The Bertz CT molecular complexity index is 607. The van der Waals surface area contributed by atoms with E-state index in [-0.39, 0.29) is 17.2 Å². The Labute approximate surface area is 115 Å². The minimum atomic E-state index is -1.13. The van der Waals surface area contributed by atoms with Crippen LogP contribution in [0.1, 0.15) is 0 Å². The van der Waals surface area contributed by atoms with Crippen LogP contribution in [0.3, 0.4) is 0 Å². The lowest BCUT2D eigenvalue weighted by molar-refractivity contribution is 0.417. The molecule has 0 spiro atoms. The zero-order valence-electron chi connectivity index (χ0n) is 8.88. The molecule has 0 aliphatic heterocycles. The molecule has 0 fully saturated rings. The number of hydrogen-bond donors (Lipinski definition) is 1. The minimum Gasteiger partial charge on any atom is -0.451 e. The molecule has 0 aromatic heterocycles. The third-order valence-electron chi connectivity index (χ3n) is 2.19. The molecule has 18 heavy (non-hydrogen) atoms. The van der Waals surface area contributed by atoms with Crippen molar-refractivity contribution >= 4 is 33.2 Å². The first-order chi connectivity index (χ1) is 8.49. The quantitative estimate of drug-likeness (QED) is 0.804. The third-order valence-corrected chi connectivity index (χ3v) is 3.04. The van der Waals surface area contributed by atoms with Gasteiger partial charge in [-0.3, -0.25) is 0 Å². The second-order valence-corrected chi connectivity index (χ2v) is 4.75. The van der Waals surface area contributed by atoms with Crippen molar-refractivity contribution < 1.29 is 13.5 Å². The van der Waals surface area contributed by atoms with Gasteiger partial charge in [0, 0.05) is 5.02 Å². The van der Waals surface area contributed by atoms with Gasteiger partial charge in [-0.2, -0.15) is 4.39 Å². The van der Waals surface area contributed by atoms with E-state index in [0.29, 0.717) is 9.50 Å². The number of benzene rings is 2. The zero-order valence-corrected chi connectivity index (χ0v) is 11.2. The van der Waals surface area contributed by atoms with E-state index in [4.69, 9.17) is 22.1 Å². The fourth-order valence-corrected chi connectivity index (χ4v) is 2.08. The van der Waals surface area contributed by atoms with Crippen LogP contribution >= 0.6 is 27.5 Å². The average molecular weight is 335 g/mol. The van der Waals surface area contributed by atoms with Gasteiger partial charge >= 0.3 is 0 Å². The molecule has 0 saturated carbocycles. The first-order valence-corrected chi connectivity index (χ1v) is 6.02. The maximum absolute atomic E-state index is 13.5. The van der Waals surface area contributed by atoms with Crippen LogP contribution < -0.4 is 10.5 Å². The molecule has 0 aliphatic rings. The molecular weight excluding hydrogens is 327 g/mol. The predicted octanol–water partition coefficient (Wildman–Crippen LogP) is 4.76. The summed E-state index contributed by atoms with van der Waals surface area (Å²) in [6, 6.07) is 6.83. The van der Waals surface area contributed by atoms with Crippen LogP contribution in [-0.2, 0) is 0 Å². The lowest BCUT2D eigenvalue weighted by Crippen LogP contribution is -1.98. The van der Waals surface area contributed by atoms with Crippen molar-refractivity contribution in [3.63, 3.8) is 0 Å². The van der Waals surface area contributed by atoms with Crippen molar-refractivity contribution in [1.29, 1.82) is 0 Å². The summed E-state index contributed by atoms with van der Waals surface area (Å²) in [5.41, 5.74) is 5.56. The van der Waals surface area contributed by atoms with Gasteiger partial charge in [-0.05, 0) is 46.3 Å². The zero-order chi connectivity index (χ0) is 13.3. The van der Waals surface area contributed by atoms with E-state index in [1.54, 1.807) is 12.1 Å². The molecular formula is C12H7BrClF2NO. The Kier molecular flexibility index (Phi) is 3.73. The molecule has 0 radical (unpaired) electrons. The van der Waals surface area contributed by atoms with Crippen molar-refractivity contribution in [2.75, 3.05) is 5.73 Å². The number of hydrogen-bond acceptors (Lipinski definition) is 2. The second kappa shape index (κ2) is 5.12. The first-order valence-electron chi connectivity index (χ1n) is 4.85. The van der Waals surface area contributed by atoms with Gasteiger partial charge in [-0.1, -0.05) is 11.6 Å². The van der Waals surface area contributed by atoms with Crippen LogP contribution in [0.5, 0.6) is 11.5 Å². The van der Waals surface area contributed by atoms with Crippen LogP contribution in [0.2, 0.25) is 5.02 Å². The standard InChI is InChI=1S/C12H7BrClF2NO/c13-7-5-6(14)1-4-10(7)18-12-9(17)3-2-8(15)11(12)16/h1-5H,17H2. The summed E-state index contributed by atoms with van der Waals surface area (Å²) in [5.74, 6) is -2.21. The van der Waals surface area contributed by atoms with Crippen molar-refractivity contribution in [1.82, 2.24) is 0 Å². The van der Waals surface area contributed by atoms with E-state index >= 15 is 0 Å². The highest BCUT2D eigenvalue weighted by molar-refractivity contribution is 9.10. The summed E-state index contributed by atoms with van der Waals surface area (Å²) < 4.78 is 32.4. The smallest absolute Gasteiger partial charge is 0.203 e. The molecule has 94 valence electrons. The highest BCUT2D eigenvalue weighted by Crippen LogP contribution is 2.36. The second-order valence-electron chi connectivity index (χ2n) is 3.46. The Morgan fingerprint density at radius 3 is 2.56 bits per heavy atom. The summed E-state index contributed by atoms with van der Waals surface area (Å²) in [5, 5.41) is 0.488. The van der Waals surface area contributed by atoms with Gasteiger partial charge in [0.1, 0.15) is 5.75 Å². The van der Waals surface area contributed by atoms with Gasteiger partial charge in [0.05, 0.1) is 10.2 Å². The molecule has 0 aliphatic carbocycles. The highest BCUT2D eigenvalue weighted by atomic mass is 79.9. The van der Waals surface area contributed by atoms with Crippen LogP contribution in [0.15, 0.2) is 34.8 Å². The summed E-state index contributed by atoms with van der Waals surface area (Å²) >= 11 is 8.97.